The molecule has 1 saturated heterocycles. The van der Waals surface area contributed by atoms with Gasteiger partial charge in [-0.1, -0.05) is 26.0 Å². The minimum atomic E-state index is -0.267. The number of rotatable bonds is 5. The smallest absolute Gasteiger partial charge is 0.119 e. The summed E-state index contributed by atoms with van der Waals surface area (Å²) in [6.45, 7) is 6.79. The minimum absolute atomic E-state index is 0.267. The second-order valence-corrected chi connectivity index (χ2v) is 5.23. The van der Waals surface area contributed by atoms with Gasteiger partial charge in [0, 0.05) is 13.1 Å². The van der Waals surface area contributed by atoms with Crippen molar-refractivity contribution in [3.63, 3.8) is 0 Å². The first-order valence-corrected chi connectivity index (χ1v) is 6.81. The van der Waals surface area contributed by atoms with E-state index in [1.165, 1.54) is 5.56 Å². The van der Waals surface area contributed by atoms with E-state index in [4.69, 9.17) is 4.74 Å². The van der Waals surface area contributed by atoms with Gasteiger partial charge in [0.2, 0.25) is 0 Å². The van der Waals surface area contributed by atoms with Crippen molar-refractivity contribution in [2.24, 2.45) is 0 Å². The molecule has 1 unspecified atom stereocenters. The second kappa shape index (κ2) is 6.21. The number of hydrogen-bond donors (Lipinski definition) is 1. The molecule has 1 aromatic rings. The molecule has 1 N–H and O–H groups in total. The third-order valence-electron chi connectivity index (χ3n) is 3.52. The molecule has 0 radical (unpaired) electrons. The fraction of sp³-hybridized carbons (Fsp3) is 0.600. The number of ether oxygens (including phenoxy) is 1. The van der Waals surface area contributed by atoms with E-state index in [1.807, 2.05) is 12.1 Å². The Labute approximate surface area is 109 Å². The molecule has 0 bridgehead atoms. The Balaban J connectivity index is 1.76. The van der Waals surface area contributed by atoms with Crippen molar-refractivity contribution >= 4 is 0 Å². The Hall–Kier alpha value is -1.06. The van der Waals surface area contributed by atoms with Gasteiger partial charge in [-0.2, -0.15) is 0 Å². The normalized spacial score (nSPS) is 20.6. The number of likely N-dealkylation sites (tertiary alicyclic amines) is 1. The Morgan fingerprint density at radius 2 is 2.06 bits per heavy atom. The monoisotopic (exact) mass is 249 g/mol. The van der Waals surface area contributed by atoms with Crippen molar-refractivity contribution < 1.29 is 9.84 Å². The molecule has 1 atom stereocenters. The molecule has 1 fully saturated rings. The predicted molar refractivity (Wildman–Crippen MR) is 72.8 cm³/mol. The van der Waals surface area contributed by atoms with E-state index in [-0.39, 0.29) is 6.23 Å². The van der Waals surface area contributed by atoms with E-state index >= 15 is 0 Å². The minimum Gasteiger partial charge on any atom is -0.492 e. The Bertz CT molecular complexity index is 361. The molecule has 0 amide bonds. The zero-order valence-electron chi connectivity index (χ0n) is 11.3. The quantitative estimate of drug-likeness (QED) is 0.870. The van der Waals surface area contributed by atoms with E-state index < -0.39 is 0 Å². The summed E-state index contributed by atoms with van der Waals surface area (Å²) in [6.07, 6.45) is 1.71. The molecule has 18 heavy (non-hydrogen) atoms. The average molecular weight is 249 g/mol. The molecule has 0 spiro atoms. The lowest BCUT2D eigenvalue weighted by molar-refractivity contribution is 0.0300. The first kappa shape index (κ1) is 13.4. The maximum atomic E-state index is 9.65. The van der Waals surface area contributed by atoms with Gasteiger partial charge in [0.05, 0.1) is 0 Å². The van der Waals surface area contributed by atoms with E-state index in [9.17, 15) is 5.11 Å². The van der Waals surface area contributed by atoms with Gasteiger partial charge in [0.25, 0.3) is 0 Å². The van der Waals surface area contributed by atoms with Crippen LogP contribution in [0.25, 0.3) is 0 Å². The van der Waals surface area contributed by atoms with Gasteiger partial charge >= 0.3 is 0 Å². The molecule has 1 aromatic carbocycles. The van der Waals surface area contributed by atoms with Crippen LogP contribution in [-0.2, 0) is 0 Å². The van der Waals surface area contributed by atoms with Crippen molar-refractivity contribution in [3.8, 4) is 5.75 Å². The molecule has 0 aromatic heterocycles. The number of aliphatic hydroxyl groups is 1. The van der Waals surface area contributed by atoms with E-state index in [0.717, 1.165) is 31.7 Å². The van der Waals surface area contributed by atoms with Crippen LogP contribution in [0.3, 0.4) is 0 Å². The first-order chi connectivity index (χ1) is 8.66. The highest BCUT2D eigenvalue weighted by atomic mass is 16.5. The highest BCUT2D eigenvalue weighted by Gasteiger charge is 2.21. The van der Waals surface area contributed by atoms with Crippen molar-refractivity contribution in [3.05, 3.63) is 29.8 Å². The van der Waals surface area contributed by atoms with Crippen molar-refractivity contribution in [1.82, 2.24) is 4.90 Å². The molecular weight excluding hydrogens is 226 g/mol. The van der Waals surface area contributed by atoms with Crippen LogP contribution < -0.4 is 4.74 Å². The summed E-state index contributed by atoms with van der Waals surface area (Å²) >= 11 is 0. The fourth-order valence-electron chi connectivity index (χ4n) is 2.30. The van der Waals surface area contributed by atoms with Crippen LogP contribution in [0.15, 0.2) is 24.3 Å². The van der Waals surface area contributed by atoms with Gasteiger partial charge < -0.3 is 9.84 Å². The van der Waals surface area contributed by atoms with Crippen molar-refractivity contribution in [2.45, 2.75) is 38.8 Å². The van der Waals surface area contributed by atoms with Gasteiger partial charge in [-0.3, -0.25) is 4.90 Å². The molecule has 1 aliphatic rings. The lowest BCUT2D eigenvalue weighted by Gasteiger charge is -2.19. The third-order valence-corrected chi connectivity index (χ3v) is 3.52. The summed E-state index contributed by atoms with van der Waals surface area (Å²) in [6, 6.07) is 8.28. The summed E-state index contributed by atoms with van der Waals surface area (Å²) in [5, 5.41) is 9.65. The average Bonchev–Trinajstić information content (AvgIpc) is 2.76. The largest absolute Gasteiger partial charge is 0.492 e. The molecule has 1 heterocycles. The van der Waals surface area contributed by atoms with Gasteiger partial charge in [-0.15, -0.1) is 0 Å². The summed E-state index contributed by atoms with van der Waals surface area (Å²) in [4.78, 5) is 2.07. The van der Waals surface area contributed by atoms with Crippen LogP contribution in [0.2, 0.25) is 0 Å². The summed E-state index contributed by atoms with van der Waals surface area (Å²) < 4.78 is 5.70. The molecule has 3 heteroatoms. The van der Waals surface area contributed by atoms with E-state index in [2.05, 4.69) is 30.9 Å². The summed E-state index contributed by atoms with van der Waals surface area (Å²) in [5.74, 6) is 1.46. The van der Waals surface area contributed by atoms with Gasteiger partial charge in [-0.25, -0.2) is 0 Å². The number of hydrogen-bond acceptors (Lipinski definition) is 3. The zero-order chi connectivity index (χ0) is 13.0. The predicted octanol–water partition coefficient (Wildman–Crippen LogP) is 2.60. The highest BCUT2D eigenvalue weighted by molar-refractivity contribution is 5.28. The standard InChI is InChI=1S/C15H23NO2/c1-12(2)13-5-7-14(8-6-13)18-11-10-16-9-3-4-15(16)17/h5-8,12,15,17H,3-4,9-11H2,1-2H3. The van der Waals surface area contributed by atoms with Crippen LogP contribution in [-0.4, -0.2) is 35.9 Å². The molecule has 2 rings (SSSR count). The van der Waals surface area contributed by atoms with Gasteiger partial charge in [-0.05, 0) is 36.5 Å². The molecule has 1 aliphatic heterocycles. The lowest BCUT2D eigenvalue weighted by atomic mass is 10.0. The Morgan fingerprint density at radius 1 is 1.33 bits per heavy atom. The molecule has 0 aliphatic carbocycles. The Kier molecular flexibility index (Phi) is 4.61. The fourth-order valence-corrected chi connectivity index (χ4v) is 2.30. The molecular formula is C15H23NO2. The van der Waals surface area contributed by atoms with Gasteiger partial charge in [0.15, 0.2) is 0 Å². The molecule has 0 saturated carbocycles. The van der Waals surface area contributed by atoms with E-state index in [1.54, 1.807) is 0 Å². The summed E-state index contributed by atoms with van der Waals surface area (Å²) in [7, 11) is 0. The molecule has 100 valence electrons. The third kappa shape index (κ3) is 3.47. The summed E-state index contributed by atoms with van der Waals surface area (Å²) in [5.41, 5.74) is 1.33. The van der Waals surface area contributed by atoms with Crippen LogP contribution in [0.5, 0.6) is 5.75 Å². The SMILES string of the molecule is CC(C)c1ccc(OCCN2CCCC2O)cc1. The second-order valence-electron chi connectivity index (χ2n) is 5.23. The maximum Gasteiger partial charge on any atom is 0.119 e. The van der Waals surface area contributed by atoms with Crippen molar-refractivity contribution in [2.75, 3.05) is 19.7 Å². The first-order valence-electron chi connectivity index (χ1n) is 6.81. The van der Waals surface area contributed by atoms with Gasteiger partial charge in [0.1, 0.15) is 18.6 Å². The van der Waals surface area contributed by atoms with Crippen LogP contribution >= 0.6 is 0 Å². The number of aliphatic hydroxyl groups excluding tert-OH is 1. The highest BCUT2D eigenvalue weighted by Crippen LogP contribution is 2.19. The van der Waals surface area contributed by atoms with Crippen LogP contribution in [0, 0.1) is 0 Å². The Morgan fingerprint density at radius 3 is 2.61 bits per heavy atom. The van der Waals surface area contributed by atoms with Crippen LogP contribution in [0.1, 0.15) is 38.2 Å². The topological polar surface area (TPSA) is 32.7 Å². The van der Waals surface area contributed by atoms with E-state index in [0.29, 0.717) is 12.5 Å². The zero-order valence-corrected chi connectivity index (χ0v) is 11.3. The molecule has 3 nitrogen and oxygen atoms in total. The number of nitrogens with zero attached hydrogens (tertiary/aromatic N) is 1. The lowest BCUT2D eigenvalue weighted by Crippen LogP contribution is -2.32. The maximum absolute atomic E-state index is 9.65. The van der Waals surface area contributed by atoms with Crippen molar-refractivity contribution in [1.29, 1.82) is 0 Å². The van der Waals surface area contributed by atoms with Crippen LogP contribution in [0.4, 0.5) is 0 Å². The number of benzene rings is 1.